The average Bonchev–Trinajstić information content (AvgIpc) is 2.82. The Morgan fingerprint density at radius 2 is 2.16 bits per heavy atom. The molecule has 0 unspecified atom stereocenters. The van der Waals surface area contributed by atoms with Gasteiger partial charge in [0.1, 0.15) is 5.15 Å². The Morgan fingerprint density at radius 3 is 2.74 bits per heavy atom. The van der Waals surface area contributed by atoms with Gasteiger partial charge in [-0.25, -0.2) is 9.97 Å². The summed E-state index contributed by atoms with van der Waals surface area (Å²) in [5, 5.41) is 13.4. The monoisotopic (exact) mass is 280 g/mol. The molecule has 0 aliphatic heterocycles. The van der Waals surface area contributed by atoms with Gasteiger partial charge in [-0.2, -0.15) is 0 Å². The smallest absolute Gasteiger partial charge is 0.321 e. The predicted molar refractivity (Wildman–Crippen MR) is 69.4 cm³/mol. The molecule has 0 aliphatic carbocycles. The number of amides is 1. The molecule has 1 amide bonds. The zero-order valence-corrected chi connectivity index (χ0v) is 10.6. The first-order valence-corrected chi connectivity index (χ1v) is 5.63. The summed E-state index contributed by atoms with van der Waals surface area (Å²) in [4.78, 5) is 28.2. The van der Waals surface area contributed by atoms with Gasteiger partial charge in [0.15, 0.2) is 5.69 Å². The quantitative estimate of drug-likeness (QED) is 0.512. The van der Waals surface area contributed by atoms with Crippen molar-refractivity contribution in [1.29, 1.82) is 0 Å². The zero-order chi connectivity index (χ0) is 14.0. The minimum atomic E-state index is -0.605. The number of aromatic nitrogens is 2. The van der Waals surface area contributed by atoms with Crippen molar-refractivity contribution < 1.29 is 9.72 Å². The summed E-state index contributed by atoms with van der Waals surface area (Å²) in [6.45, 7) is 1.69. The van der Waals surface area contributed by atoms with Gasteiger partial charge in [-0.3, -0.25) is 4.79 Å². The van der Waals surface area contributed by atoms with Crippen molar-refractivity contribution in [3.05, 3.63) is 50.9 Å². The fourth-order valence-electron chi connectivity index (χ4n) is 1.47. The number of hydrogen-bond donors (Lipinski definition) is 2. The molecule has 0 spiro atoms. The van der Waals surface area contributed by atoms with Gasteiger partial charge in [-0.05, 0) is 30.0 Å². The van der Waals surface area contributed by atoms with Gasteiger partial charge in [0.25, 0.3) is 5.91 Å². The number of rotatable bonds is 3. The van der Waals surface area contributed by atoms with Crippen molar-refractivity contribution in [2.75, 3.05) is 5.32 Å². The highest BCUT2D eigenvalue weighted by molar-refractivity contribution is 6.29. The van der Waals surface area contributed by atoms with Crippen LogP contribution in [0.15, 0.2) is 24.3 Å². The molecule has 0 atom stereocenters. The molecule has 2 heterocycles. The highest BCUT2D eigenvalue weighted by atomic mass is 35.5. The number of pyridine rings is 1. The van der Waals surface area contributed by atoms with Gasteiger partial charge >= 0.3 is 5.82 Å². The Labute approximate surface area is 112 Å². The molecule has 0 saturated carbocycles. The molecule has 0 aromatic carbocycles. The Morgan fingerprint density at radius 1 is 1.42 bits per heavy atom. The molecule has 2 aromatic rings. The van der Waals surface area contributed by atoms with Crippen LogP contribution >= 0.6 is 11.6 Å². The lowest BCUT2D eigenvalue weighted by molar-refractivity contribution is -0.389. The normalized spacial score (nSPS) is 10.2. The summed E-state index contributed by atoms with van der Waals surface area (Å²) < 4.78 is 0. The molecule has 0 bridgehead atoms. The standard InChI is InChI=1S/C11H9ClN4O3/c1-6-7(2-4-9(12)13-6)15-11(17)8-3-5-10(14-8)16(18)19/h2-5,14H,1H3,(H,15,17). The fourth-order valence-corrected chi connectivity index (χ4v) is 1.66. The molecule has 8 heteroatoms. The van der Waals surface area contributed by atoms with Gasteiger partial charge in [0.2, 0.25) is 0 Å². The molecular formula is C11H9ClN4O3. The van der Waals surface area contributed by atoms with Gasteiger partial charge in [0.05, 0.1) is 11.4 Å². The van der Waals surface area contributed by atoms with Crippen LogP contribution in [0.4, 0.5) is 11.5 Å². The van der Waals surface area contributed by atoms with E-state index in [0.29, 0.717) is 16.5 Å². The predicted octanol–water partition coefficient (Wildman–Crippen LogP) is 2.53. The summed E-state index contributed by atoms with van der Waals surface area (Å²) in [7, 11) is 0. The maximum atomic E-state index is 11.9. The van der Waals surface area contributed by atoms with Crippen molar-refractivity contribution in [2.24, 2.45) is 0 Å². The van der Waals surface area contributed by atoms with Crippen molar-refractivity contribution in [2.45, 2.75) is 6.92 Å². The molecule has 7 nitrogen and oxygen atoms in total. The van der Waals surface area contributed by atoms with E-state index in [9.17, 15) is 14.9 Å². The topological polar surface area (TPSA) is 101 Å². The molecule has 98 valence electrons. The number of hydrogen-bond acceptors (Lipinski definition) is 4. The van der Waals surface area contributed by atoms with Crippen molar-refractivity contribution in [1.82, 2.24) is 9.97 Å². The second-order valence-corrected chi connectivity index (χ2v) is 4.12. The van der Waals surface area contributed by atoms with Gasteiger partial charge in [-0.15, -0.1) is 0 Å². The number of carbonyl (C=O) groups is 1. The molecular weight excluding hydrogens is 272 g/mol. The minimum absolute atomic E-state index is 0.0982. The maximum absolute atomic E-state index is 11.9. The highest BCUT2D eigenvalue weighted by Gasteiger charge is 2.16. The van der Waals surface area contributed by atoms with Gasteiger partial charge in [0, 0.05) is 6.07 Å². The number of carbonyl (C=O) groups excluding carboxylic acids is 1. The Hall–Kier alpha value is -2.41. The van der Waals surface area contributed by atoms with E-state index in [0.717, 1.165) is 0 Å². The number of nitrogens with zero attached hydrogens (tertiary/aromatic N) is 2. The fraction of sp³-hybridized carbons (Fsp3) is 0.0909. The number of aryl methyl sites for hydroxylation is 1. The van der Waals surface area contributed by atoms with E-state index in [4.69, 9.17) is 11.6 Å². The first kappa shape index (κ1) is 13.0. The Kier molecular flexibility index (Phi) is 3.48. The second kappa shape index (κ2) is 5.07. The molecule has 2 rings (SSSR count). The van der Waals surface area contributed by atoms with Crippen molar-refractivity contribution in [3.63, 3.8) is 0 Å². The first-order valence-electron chi connectivity index (χ1n) is 5.25. The van der Waals surface area contributed by atoms with E-state index in [2.05, 4.69) is 15.3 Å². The number of nitrogens with one attached hydrogen (secondary N) is 2. The van der Waals surface area contributed by atoms with E-state index < -0.39 is 10.8 Å². The van der Waals surface area contributed by atoms with E-state index in [-0.39, 0.29) is 11.5 Å². The lowest BCUT2D eigenvalue weighted by atomic mass is 10.3. The van der Waals surface area contributed by atoms with Crippen LogP contribution in [0.3, 0.4) is 0 Å². The Bertz CT molecular complexity index is 653. The van der Waals surface area contributed by atoms with Crippen LogP contribution in [0.25, 0.3) is 0 Å². The van der Waals surface area contributed by atoms with Crippen molar-refractivity contribution >= 4 is 29.0 Å². The largest absolute Gasteiger partial charge is 0.358 e. The molecule has 2 N–H and O–H groups in total. The van der Waals surface area contributed by atoms with Gasteiger partial charge in [-0.1, -0.05) is 11.6 Å². The van der Waals surface area contributed by atoms with Crippen LogP contribution < -0.4 is 5.32 Å². The maximum Gasteiger partial charge on any atom is 0.321 e. The van der Waals surface area contributed by atoms with Crippen LogP contribution in [0, 0.1) is 17.0 Å². The van der Waals surface area contributed by atoms with Gasteiger partial charge < -0.3 is 15.4 Å². The lowest BCUT2D eigenvalue weighted by Crippen LogP contribution is -2.13. The summed E-state index contributed by atoms with van der Waals surface area (Å²) in [6.07, 6.45) is 0. The molecule has 0 fully saturated rings. The number of H-pyrrole nitrogens is 1. The van der Waals surface area contributed by atoms with Crippen LogP contribution in [-0.2, 0) is 0 Å². The minimum Gasteiger partial charge on any atom is -0.358 e. The highest BCUT2D eigenvalue weighted by Crippen LogP contribution is 2.17. The van der Waals surface area contributed by atoms with Crippen LogP contribution in [0.2, 0.25) is 5.15 Å². The SMILES string of the molecule is Cc1nc(Cl)ccc1NC(=O)c1ccc([N+](=O)[O-])[nH]1. The number of aromatic amines is 1. The van der Waals surface area contributed by atoms with E-state index in [1.54, 1.807) is 19.1 Å². The number of halogens is 1. The molecule has 0 aliphatic rings. The zero-order valence-electron chi connectivity index (χ0n) is 9.81. The van der Waals surface area contributed by atoms with E-state index >= 15 is 0 Å². The molecule has 0 radical (unpaired) electrons. The summed E-state index contributed by atoms with van der Waals surface area (Å²) in [5.74, 6) is -0.726. The lowest BCUT2D eigenvalue weighted by Gasteiger charge is -2.05. The third-order valence-corrected chi connectivity index (χ3v) is 2.62. The van der Waals surface area contributed by atoms with E-state index in [1.165, 1.54) is 12.1 Å². The molecule has 2 aromatic heterocycles. The summed E-state index contributed by atoms with van der Waals surface area (Å²) >= 11 is 5.70. The van der Waals surface area contributed by atoms with Crippen LogP contribution in [0.5, 0.6) is 0 Å². The third-order valence-electron chi connectivity index (χ3n) is 2.41. The summed E-state index contributed by atoms with van der Waals surface area (Å²) in [6, 6.07) is 5.72. The van der Waals surface area contributed by atoms with Crippen molar-refractivity contribution in [3.8, 4) is 0 Å². The average molecular weight is 281 g/mol. The van der Waals surface area contributed by atoms with Crippen LogP contribution in [0.1, 0.15) is 16.2 Å². The van der Waals surface area contributed by atoms with E-state index in [1.807, 2.05) is 0 Å². The third kappa shape index (κ3) is 2.89. The number of nitro groups is 1. The molecule has 0 saturated heterocycles. The molecule has 19 heavy (non-hydrogen) atoms. The second-order valence-electron chi connectivity index (χ2n) is 3.74. The van der Waals surface area contributed by atoms with Crippen LogP contribution in [-0.4, -0.2) is 20.8 Å². The Balaban J connectivity index is 2.18. The number of anilines is 1. The summed E-state index contributed by atoms with van der Waals surface area (Å²) in [5.41, 5.74) is 1.15. The first-order chi connectivity index (χ1) is 8.97.